The van der Waals surface area contributed by atoms with Crippen LogP contribution in [0, 0.1) is 0 Å². The minimum atomic E-state index is -0.278. The summed E-state index contributed by atoms with van der Waals surface area (Å²) >= 11 is 11.3. The first kappa shape index (κ1) is 11.8. The third-order valence-corrected chi connectivity index (χ3v) is 2.16. The third kappa shape index (κ3) is 3.40. The lowest BCUT2D eigenvalue weighted by Gasteiger charge is -2.04. The number of aromatic nitrogens is 4. The number of nitrogens with one attached hydrogen (secondary N) is 1. The first-order valence-electron chi connectivity index (χ1n) is 4.61. The van der Waals surface area contributed by atoms with Gasteiger partial charge in [-0.25, -0.2) is 9.97 Å². The Hall–Kier alpha value is -1.66. The summed E-state index contributed by atoms with van der Waals surface area (Å²) in [6, 6.07) is 3.14. The molecule has 0 saturated heterocycles. The van der Waals surface area contributed by atoms with Crippen LogP contribution in [0.3, 0.4) is 0 Å². The molecule has 0 radical (unpaired) electrons. The Bertz CT molecular complexity index is 508. The molecule has 2 aromatic rings. The molecule has 2 aromatic heterocycles. The lowest BCUT2D eigenvalue weighted by Crippen LogP contribution is -2.19. The quantitative estimate of drug-likeness (QED) is 0.680. The van der Waals surface area contributed by atoms with E-state index in [1.165, 1.54) is 10.7 Å². The summed E-state index contributed by atoms with van der Waals surface area (Å²) in [5, 5.41) is 6.59. The van der Waals surface area contributed by atoms with Crippen LogP contribution in [0.25, 0.3) is 0 Å². The number of anilines is 1. The highest BCUT2D eigenvalue weighted by Gasteiger charge is 2.06. The lowest BCUT2D eigenvalue weighted by molar-refractivity contribution is -0.116. The topological polar surface area (TPSA) is 72.7 Å². The van der Waals surface area contributed by atoms with Gasteiger partial charge in [0.25, 0.3) is 0 Å². The fourth-order valence-electron chi connectivity index (χ4n) is 1.18. The van der Waals surface area contributed by atoms with E-state index in [0.717, 1.165) is 0 Å². The van der Waals surface area contributed by atoms with Gasteiger partial charge in [-0.05, 0) is 17.7 Å². The first-order valence-corrected chi connectivity index (χ1v) is 5.36. The van der Waals surface area contributed by atoms with Gasteiger partial charge in [-0.15, -0.1) is 0 Å². The van der Waals surface area contributed by atoms with Crippen molar-refractivity contribution in [2.45, 2.75) is 6.54 Å². The van der Waals surface area contributed by atoms with Crippen LogP contribution in [0.5, 0.6) is 0 Å². The Morgan fingerprint density at radius 1 is 1.41 bits per heavy atom. The minimum absolute atomic E-state index is 0.0214. The van der Waals surface area contributed by atoms with Crippen molar-refractivity contribution >= 4 is 34.9 Å². The summed E-state index contributed by atoms with van der Waals surface area (Å²) in [6.45, 7) is 0.0895. The van der Waals surface area contributed by atoms with E-state index in [4.69, 9.17) is 23.2 Å². The van der Waals surface area contributed by atoms with E-state index in [-0.39, 0.29) is 28.7 Å². The Morgan fingerprint density at radius 2 is 2.24 bits per heavy atom. The highest BCUT2D eigenvalue weighted by atomic mass is 35.5. The highest BCUT2D eigenvalue weighted by molar-refractivity contribution is 6.32. The molecule has 2 rings (SSSR count). The molecular weight excluding hydrogens is 265 g/mol. The van der Waals surface area contributed by atoms with Gasteiger partial charge in [0.1, 0.15) is 17.5 Å². The normalized spacial score (nSPS) is 10.2. The molecule has 0 bridgehead atoms. The average Bonchev–Trinajstić information content (AvgIpc) is 2.67. The number of amides is 1. The second-order valence-corrected chi connectivity index (χ2v) is 3.82. The number of carbonyl (C=O) groups excluding carboxylic acids is 1. The van der Waals surface area contributed by atoms with Gasteiger partial charge in [0, 0.05) is 18.5 Å². The van der Waals surface area contributed by atoms with Crippen LogP contribution in [0.15, 0.2) is 24.5 Å². The standard InChI is InChI=1S/C9H7Cl2N5O/c10-6-4-7(15-9(11)13-6)14-8(17)5-16-3-1-2-12-16/h1-4H,5H2,(H,13,14,15,17). The fraction of sp³-hybridized carbons (Fsp3) is 0.111. The molecule has 2 heterocycles. The molecule has 0 spiro atoms. The predicted octanol–water partition coefficient (Wildman–Crippen LogP) is 1.62. The van der Waals surface area contributed by atoms with E-state index in [1.807, 2.05) is 0 Å². The summed E-state index contributed by atoms with van der Waals surface area (Å²) in [5.41, 5.74) is 0. The molecule has 8 heteroatoms. The number of hydrogen-bond acceptors (Lipinski definition) is 4. The van der Waals surface area contributed by atoms with Gasteiger partial charge < -0.3 is 5.32 Å². The summed E-state index contributed by atoms with van der Waals surface area (Å²) in [4.78, 5) is 19.1. The molecule has 0 aliphatic heterocycles. The average molecular weight is 272 g/mol. The van der Waals surface area contributed by atoms with E-state index in [0.29, 0.717) is 0 Å². The summed E-state index contributed by atoms with van der Waals surface area (Å²) in [6.07, 6.45) is 3.27. The van der Waals surface area contributed by atoms with Crippen LogP contribution in [-0.2, 0) is 11.3 Å². The Morgan fingerprint density at radius 3 is 2.88 bits per heavy atom. The Balaban J connectivity index is 2.03. The maximum absolute atomic E-state index is 11.6. The molecule has 0 fully saturated rings. The van der Waals surface area contributed by atoms with Crippen molar-refractivity contribution in [2.24, 2.45) is 0 Å². The summed E-state index contributed by atoms with van der Waals surface area (Å²) in [5.74, 6) is -0.0216. The second kappa shape index (κ2) is 5.11. The maximum atomic E-state index is 11.6. The van der Waals surface area contributed by atoms with Gasteiger partial charge in [0.05, 0.1) is 0 Å². The van der Waals surface area contributed by atoms with E-state index < -0.39 is 0 Å². The van der Waals surface area contributed by atoms with E-state index in [1.54, 1.807) is 18.5 Å². The molecule has 0 atom stereocenters. The van der Waals surface area contributed by atoms with Gasteiger partial charge in [-0.3, -0.25) is 9.48 Å². The molecule has 0 aliphatic carbocycles. The number of nitrogens with zero attached hydrogens (tertiary/aromatic N) is 4. The van der Waals surface area contributed by atoms with Crippen LogP contribution in [0.4, 0.5) is 5.82 Å². The molecular formula is C9H7Cl2N5O. The predicted molar refractivity (Wildman–Crippen MR) is 62.9 cm³/mol. The van der Waals surface area contributed by atoms with Gasteiger partial charge in [0.2, 0.25) is 11.2 Å². The number of halogens is 2. The van der Waals surface area contributed by atoms with Crippen molar-refractivity contribution < 1.29 is 4.79 Å². The molecule has 0 aromatic carbocycles. The zero-order chi connectivity index (χ0) is 12.3. The number of hydrogen-bond donors (Lipinski definition) is 1. The van der Waals surface area contributed by atoms with Crippen LogP contribution in [-0.4, -0.2) is 25.7 Å². The summed E-state index contributed by atoms with van der Waals surface area (Å²) in [7, 11) is 0. The molecule has 17 heavy (non-hydrogen) atoms. The molecule has 6 nitrogen and oxygen atoms in total. The van der Waals surface area contributed by atoms with Crippen molar-refractivity contribution in [2.75, 3.05) is 5.32 Å². The van der Waals surface area contributed by atoms with Crippen molar-refractivity contribution in [3.05, 3.63) is 35.0 Å². The first-order chi connectivity index (χ1) is 8.13. The van der Waals surface area contributed by atoms with E-state index in [2.05, 4.69) is 20.4 Å². The minimum Gasteiger partial charge on any atom is -0.309 e. The maximum Gasteiger partial charge on any atom is 0.247 e. The number of carbonyl (C=O) groups is 1. The fourth-order valence-corrected chi connectivity index (χ4v) is 1.59. The number of rotatable bonds is 3. The smallest absolute Gasteiger partial charge is 0.247 e. The van der Waals surface area contributed by atoms with Crippen LogP contribution < -0.4 is 5.32 Å². The lowest BCUT2D eigenvalue weighted by atomic mass is 10.5. The van der Waals surface area contributed by atoms with Gasteiger partial charge in [0.15, 0.2) is 0 Å². The Kier molecular flexibility index (Phi) is 3.55. The molecule has 1 amide bonds. The van der Waals surface area contributed by atoms with Crippen molar-refractivity contribution in [1.29, 1.82) is 0 Å². The molecule has 0 saturated carbocycles. The van der Waals surface area contributed by atoms with Crippen molar-refractivity contribution in [3.63, 3.8) is 0 Å². The molecule has 0 unspecified atom stereocenters. The SMILES string of the molecule is O=C(Cn1cccn1)Nc1cc(Cl)nc(Cl)n1. The van der Waals surface area contributed by atoms with Gasteiger partial charge in [-0.1, -0.05) is 11.6 Å². The van der Waals surface area contributed by atoms with E-state index >= 15 is 0 Å². The largest absolute Gasteiger partial charge is 0.309 e. The van der Waals surface area contributed by atoms with Gasteiger partial charge >= 0.3 is 0 Å². The Labute approximate surface area is 107 Å². The van der Waals surface area contributed by atoms with E-state index in [9.17, 15) is 4.79 Å². The van der Waals surface area contributed by atoms with Crippen molar-refractivity contribution in [1.82, 2.24) is 19.7 Å². The zero-order valence-corrected chi connectivity index (χ0v) is 9.98. The monoisotopic (exact) mass is 271 g/mol. The van der Waals surface area contributed by atoms with Crippen molar-refractivity contribution in [3.8, 4) is 0 Å². The van der Waals surface area contributed by atoms with Crippen LogP contribution >= 0.6 is 23.2 Å². The molecule has 88 valence electrons. The highest BCUT2D eigenvalue weighted by Crippen LogP contribution is 2.14. The summed E-state index contributed by atoms with van der Waals surface area (Å²) < 4.78 is 1.49. The zero-order valence-electron chi connectivity index (χ0n) is 8.47. The second-order valence-electron chi connectivity index (χ2n) is 3.10. The van der Waals surface area contributed by atoms with Gasteiger partial charge in [-0.2, -0.15) is 5.10 Å². The van der Waals surface area contributed by atoms with Crippen LogP contribution in [0.1, 0.15) is 0 Å². The van der Waals surface area contributed by atoms with Crippen LogP contribution in [0.2, 0.25) is 10.4 Å². The third-order valence-electron chi connectivity index (χ3n) is 1.80. The molecule has 1 N–H and O–H groups in total. The molecule has 0 aliphatic rings.